The molecule has 1 aromatic heterocycles. The van der Waals surface area contributed by atoms with Gasteiger partial charge in [-0.2, -0.15) is 0 Å². The Morgan fingerprint density at radius 1 is 1.30 bits per heavy atom. The largest absolute Gasteiger partial charge is 0.449 e. The molecule has 0 bridgehead atoms. The Hall–Kier alpha value is -3.19. The van der Waals surface area contributed by atoms with Crippen LogP contribution in [0, 0.1) is 5.82 Å². The Labute approximate surface area is 158 Å². The Bertz CT molecular complexity index is 998. The van der Waals surface area contributed by atoms with Gasteiger partial charge in [0.1, 0.15) is 11.3 Å². The molecule has 1 atom stereocenters. The number of aromatic nitrogens is 1. The Balaban J connectivity index is 1.58. The van der Waals surface area contributed by atoms with E-state index in [1.807, 2.05) is 6.07 Å². The smallest absolute Gasteiger partial charge is 0.331 e. The maximum atomic E-state index is 13.7. The van der Waals surface area contributed by atoms with E-state index in [0.717, 1.165) is 12.1 Å². The summed E-state index contributed by atoms with van der Waals surface area (Å²) in [4.78, 5) is 28.1. The predicted molar refractivity (Wildman–Crippen MR) is 98.6 cm³/mol. The van der Waals surface area contributed by atoms with Crippen molar-refractivity contribution in [2.75, 3.05) is 5.32 Å². The first-order valence-corrected chi connectivity index (χ1v) is 8.30. The lowest BCUT2D eigenvalue weighted by atomic mass is 10.3. The van der Waals surface area contributed by atoms with Gasteiger partial charge in [0.15, 0.2) is 11.7 Å². The lowest BCUT2D eigenvalue weighted by Crippen LogP contribution is -2.29. The lowest BCUT2D eigenvalue weighted by Gasteiger charge is -2.12. The molecular weight excluding hydrogens is 375 g/mol. The normalized spacial score (nSPS) is 12.3. The Morgan fingerprint density at radius 3 is 2.81 bits per heavy atom. The molecule has 1 N–H and O–H groups in total. The van der Waals surface area contributed by atoms with Crippen LogP contribution >= 0.6 is 11.6 Å². The van der Waals surface area contributed by atoms with Gasteiger partial charge in [-0.25, -0.2) is 14.2 Å². The van der Waals surface area contributed by atoms with E-state index in [0.29, 0.717) is 11.1 Å². The summed E-state index contributed by atoms with van der Waals surface area (Å²) in [5, 5.41) is 2.53. The van der Waals surface area contributed by atoms with Gasteiger partial charge in [-0.15, -0.1) is 0 Å². The second-order valence-electron chi connectivity index (χ2n) is 5.55. The molecule has 3 rings (SSSR count). The van der Waals surface area contributed by atoms with Crippen LogP contribution in [0.3, 0.4) is 0 Å². The summed E-state index contributed by atoms with van der Waals surface area (Å²) < 4.78 is 24.1. The number of carbonyl (C=O) groups excluding carboxylic acids is 2. The maximum Gasteiger partial charge on any atom is 0.331 e. The topological polar surface area (TPSA) is 81.4 Å². The van der Waals surface area contributed by atoms with Crippen LogP contribution in [0.5, 0.6) is 0 Å². The highest BCUT2D eigenvalue weighted by molar-refractivity contribution is 6.30. The van der Waals surface area contributed by atoms with E-state index >= 15 is 0 Å². The van der Waals surface area contributed by atoms with Crippen LogP contribution < -0.4 is 5.32 Å². The number of benzene rings is 2. The molecule has 1 amide bonds. The minimum absolute atomic E-state index is 0.0608. The van der Waals surface area contributed by atoms with Crippen LogP contribution in [-0.4, -0.2) is 23.0 Å². The van der Waals surface area contributed by atoms with E-state index in [1.54, 1.807) is 18.2 Å². The SMILES string of the molecule is C[C@H](OC(=O)/C=C/c1nc2ccccc2o1)C(=O)Nc1ccc(Cl)cc1F. The minimum atomic E-state index is -1.14. The summed E-state index contributed by atoms with van der Waals surface area (Å²) in [6, 6.07) is 11.0. The lowest BCUT2D eigenvalue weighted by molar-refractivity contribution is -0.148. The van der Waals surface area contributed by atoms with E-state index in [2.05, 4.69) is 10.3 Å². The van der Waals surface area contributed by atoms with Gasteiger partial charge in [0.25, 0.3) is 5.91 Å². The van der Waals surface area contributed by atoms with Crippen LogP contribution in [-0.2, 0) is 14.3 Å². The number of hydrogen-bond acceptors (Lipinski definition) is 5. The molecule has 0 aliphatic rings. The number of carbonyl (C=O) groups is 2. The number of halogens is 2. The van der Waals surface area contributed by atoms with E-state index in [4.69, 9.17) is 20.8 Å². The molecule has 3 aromatic rings. The first kappa shape index (κ1) is 18.6. The van der Waals surface area contributed by atoms with Crippen molar-refractivity contribution in [1.82, 2.24) is 4.98 Å². The molecule has 0 aliphatic carbocycles. The fourth-order valence-corrected chi connectivity index (χ4v) is 2.35. The number of anilines is 1. The molecule has 1 heterocycles. The third kappa shape index (κ3) is 4.71. The molecule has 27 heavy (non-hydrogen) atoms. The van der Waals surface area contributed by atoms with Gasteiger partial charge >= 0.3 is 5.97 Å². The first-order chi connectivity index (χ1) is 12.9. The summed E-state index contributed by atoms with van der Waals surface area (Å²) in [6.07, 6.45) is 1.30. The van der Waals surface area contributed by atoms with Crippen LogP contribution in [0.1, 0.15) is 12.8 Å². The van der Waals surface area contributed by atoms with Crippen LogP contribution in [0.4, 0.5) is 10.1 Å². The van der Waals surface area contributed by atoms with E-state index < -0.39 is 23.8 Å². The number of hydrogen-bond donors (Lipinski definition) is 1. The fraction of sp³-hybridized carbons (Fsp3) is 0.105. The average molecular weight is 389 g/mol. The molecule has 8 heteroatoms. The molecule has 0 unspecified atom stereocenters. The van der Waals surface area contributed by atoms with Gasteiger partial charge in [0.2, 0.25) is 5.89 Å². The van der Waals surface area contributed by atoms with Crippen molar-refractivity contribution in [3.63, 3.8) is 0 Å². The number of esters is 1. The van der Waals surface area contributed by atoms with Gasteiger partial charge in [-0.3, -0.25) is 4.79 Å². The molecule has 6 nitrogen and oxygen atoms in total. The second-order valence-corrected chi connectivity index (χ2v) is 5.98. The molecule has 0 radical (unpaired) electrons. The van der Waals surface area contributed by atoms with E-state index in [9.17, 15) is 14.0 Å². The maximum absolute atomic E-state index is 13.7. The van der Waals surface area contributed by atoms with Crippen molar-refractivity contribution in [3.05, 3.63) is 65.3 Å². The van der Waals surface area contributed by atoms with Gasteiger partial charge in [0, 0.05) is 17.2 Å². The third-order valence-corrected chi connectivity index (χ3v) is 3.76. The van der Waals surface area contributed by atoms with Crippen molar-refractivity contribution in [3.8, 4) is 0 Å². The number of amides is 1. The highest BCUT2D eigenvalue weighted by Crippen LogP contribution is 2.19. The van der Waals surface area contributed by atoms with Crippen LogP contribution in [0.25, 0.3) is 17.2 Å². The average Bonchev–Trinajstić information content (AvgIpc) is 3.05. The van der Waals surface area contributed by atoms with Gasteiger partial charge in [0.05, 0.1) is 5.69 Å². The molecule has 138 valence electrons. The van der Waals surface area contributed by atoms with Crippen molar-refractivity contribution >= 4 is 46.3 Å². The highest BCUT2D eigenvalue weighted by atomic mass is 35.5. The molecule has 0 saturated carbocycles. The summed E-state index contributed by atoms with van der Waals surface area (Å²) in [5.41, 5.74) is 1.18. The number of nitrogens with one attached hydrogen (secondary N) is 1. The predicted octanol–water partition coefficient (Wildman–Crippen LogP) is 4.20. The summed E-state index contributed by atoms with van der Waals surface area (Å²) in [6.45, 7) is 1.37. The Morgan fingerprint density at radius 2 is 2.07 bits per heavy atom. The molecule has 2 aromatic carbocycles. The van der Waals surface area contributed by atoms with Gasteiger partial charge in [-0.1, -0.05) is 23.7 Å². The van der Waals surface area contributed by atoms with Crippen molar-refractivity contribution in [2.45, 2.75) is 13.0 Å². The molecule has 0 saturated heterocycles. The number of oxazole rings is 1. The fourth-order valence-electron chi connectivity index (χ4n) is 2.19. The number of para-hydroxylation sites is 2. The molecule has 0 aliphatic heterocycles. The number of nitrogens with zero attached hydrogens (tertiary/aromatic N) is 1. The summed E-state index contributed by atoms with van der Waals surface area (Å²) in [7, 11) is 0. The highest BCUT2D eigenvalue weighted by Gasteiger charge is 2.18. The van der Waals surface area contributed by atoms with Crippen molar-refractivity contribution in [2.24, 2.45) is 0 Å². The van der Waals surface area contributed by atoms with Crippen molar-refractivity contribution < 1.29 is 23.1 Å². The van der Waals surface area contributed by atoms with Crippen LogP contribution in [0.15, 0.2) is 53.0 Å². The number of rotatable bonds is 5. The summed E-state index contributed by atoms with van der Waals surface area (Å²) >= 11 is 5.65. The molecule has 0 fully saturated rings. The quantitative estimate of drug-likeness (QED) is 0.523. The summed E-state index contributed by atoms with van der Waals surface area (Å²) in [5.74, 6) is -1.91. The third-order valence-electron chi connectivity index (χ3n) is 3.52. The van der Waals surface area contributed by atoms with E-state index in [-0.39, 0.29) is 16.6 Å². The van der Waals surface area contributed by atoms with E-state index in [1.165, 1.54) is 25.1 Å². The standard InChI is InChI=1S/C19H14ClFN2O4/c1-11(19(25)23-14-7-6-12(20)10-13(14)21)26-18(24)9-8-17-22-15-4-2-3-5-16(15)27-17/h2-11H,1H3,(H,23,25)/b9-8+/t11-/m0/s1. The zero-order valence-electron chi connectivity index (χ0n) is 14.1. The van der Waals surface area contributed by atoms with Crippen LogP contribution in [0.2, 0.25) is 5.02 Å². The minimum Gasteiger partial charge on any atom is -0.449 e. The number of fused-ring (bicyclic) bond motifs is 1. The monoisotopic (exact) mass is 388 g/mol. The molecule has 0 spiro atoms. The Kier molecular flexibility index (Phi) is 5.52. The zero-order valence-corrected chi connectivity index (χ0v) is 14.9. The van der Waals surface area contributed by atoms with Gasteiger partial charge in [-0.05, 0) is 37.3 Å². The van der Waals surface area contributed by atoms with Crippen molar-refractivity contribution in [1.29, 1.82) is 0 Å². The first-order valence-electron chi connectivity index (χ1n) is 7.92. The zero-order chi connectivity index (χ0) is 19.4. The van der Waals surface area contributed by atoms with Gasteiger partial charge < -0.3 is 14.5 Å². The number of ether oxygens (including phenoxy) is 1. The molecular formula is C19H14ClFN2O4. The second kappa shape index (κ2) is 8.01.